The third kappa shape index (κ3) is 4.58. The van der Waals surface area contributed by atoms with Crippen LogP contribution in [0, 0.1) is 0 Å². The van der Waals surface area contributed by atoms with Gasteiger partial charge in [0, 0.05) is 12.7 Å². The van der Waals surface area contributed by atoms with Crippen molar-refractivity contribution in [3.05, 3.63) is 18.2 Å². The number of aryl methyl sites for hydroxylation is 1. The molecule has 0 fully saturated rings. The van der Waals surface area contributed by atoms with Crippen molar-refractivity contribution in [3.8, 4) is 0 Å². The summed E-state index contributed by atoms with van der Waals surface area (Å²) in [5.41, 5.74) is 0. The molecule has 3 N–H and O–H groups in total. The van der Waals surface area contributed by atoms with Gasteiger partial charge in [0.25, 0.3) is 0 Å². The van der Waals surface area contributed by atoms with Gasteiger partial charge < -0.3 is 5.32 Å². The molecule has 0 radical (unpaired) electrons. The first-order chi connectivity index (χ1) is 10.1. The van der Waals surface area contributed by atoms with Crippen molar-refractivity contribution in [3.63, 3.8) is 0 Å². The molecule has 0 saturated carbocycles. The Kier molecular flexibility index (Phi) is 5.36. The van der Waals surface area contributed by atoms with Gasteiger partial charge in [-0.3, -0.25) is 4.68 Å². The van der Waals surface area contributed by atoms with Crippen LogP contribution in [0.25, 0.3) is 0 Å². The molecule has 21 heavy (non-hydrogen) atoms. The van der Waals surface area contributed by atoms with Crippen LogP contribution in [0.4, 0.5) is 0 Å². The minimum Gasteiger partial charge on any atom is -0.317 e. The lowest BCUT2D eigenvalue weighted by atomic mass is 10.4. The standard InChI is InChI=1S/C10H18N8O2S/c1-2-11-4-3-5-18-8-9(6-12-18)21(19,20)13-7-10-14-16-17-15-10/h6,8,11,13H,2-5,7H2,1H3,(H,14,15,16,17). The maximum Gasteiger partial charge on any atom is 0.244 e. The van der Waals surface area contributed by atoms with Gasteiger partial charge in [0.05, 0.1) is 12.7 Å². The average Bonchev–Trinajstić information content (AvgIpc) is 3.13. The van der Waals surface area contributed by atoms with E-state index in [-0.39, 0.29) is 17.3 Å². The van der Waals surface area contributed by atoms with E-state index in [1.54, 1.807) is 4.68 Å². The van der Waals surface area contributed by atoms with Crippen LogP contribution in [0.1, 0.15) is 19.2 Å². The Morgan fingerprint density at radius 1 is 1.43 bits per heavy atom. The van der Waals surface area contributed by atoms with E-state index in [4.69, 9.17) is 0 Å². The molecule has 2 aromatic rings. The highest BCUT2D eigenvalue weighted by molar-refractivity contribution is 7.89. The second-order valence-corrected chi connectivity index (χ2v) is 6.07. The quantitative estimate of drug-likeness (QED) is 0.499. The predicted molar refractivity (Wildman–Crippen MR) is 73.6 cm³/mol. The highest BCUT2D eigenvalue weighted by Gasteiger charge is 2.17. The predicted octanol–water partition coefficient (Wildman–Crippen LogP) is -1.13. The Morgan fingerprint density at radius 3 is 3.00 bits per heavy atom. The van der Waals surface area contributed by atoms with Gasteiger partial charge in [0.1, 0.15) is 4.90 Å². The minimum absolute atomic E-state index is 0.0234. The fourth-order valence-corrected chi connectivity index (χ4v) is 2.58. The number of nitrogens with one attached hydrogen (secondary N) is 3. The molecule has 0 amide bonds. The van der Waals surface area contributed by atoms with Crippen molar-refractivity contribution >= 4 is 10.0 Å². The molecule has 11 heteroatoms. The van der Waals surface area contributed by atoms with Gasteiger partial charge >= 0.3 is 0 Å². The summed E-state index contributed by atoms with van der Waals surface area (Å²) < 4.78 is 28.1. The Hall–Kier alpha value is -1.85. The monoisotopic (exact) mass is 314 g/mol. The molecule has 0 aliphatic carbocycles. The molecule has 2 heterocycles. The van der Waals surface area contributed by atoms with Crippen LogP contribution in [-0.2, 0) is 23.1 Å². The molecule has 2 aromatic heterocycles. The molecular weight excluding hydrogens is 296 g/mol. The van der Waals surface area contributed by atoms with Gasteiger partial charge in [-0.05, 0) is 19.5 Å². The van der Waals surface area contributed by atoms with Gasteiger partial charge in [-0.2, -0.15) is 10.3 Å². The lowest BCUT2D eigenvalue weighted by molar-refractivity contribution is 0.548. The van der Waals surface area contributed by atoms with Gasteiger partial charge in [-0.25, -0.2) is 13.1 Å². The molecule has 0 aliphatic rings. The normalized spacial score (nSPS) is 11.9. The van der Waals surface area contributed by atoms with E-state index >= 15 is 0 Å². The number of aromatic amines is 1. The summed E-state index contributed by atoms with van der Waals surface area (Å²) in [5, 5.41) is 20.2. The fourth-order valence-electron chi connectivity index (χ4n) is 1.65. The number of hydrogen-bond donors (Lipinski definition) is 3. The smallest absolute Gasteiger partial charge is 0.244 e. The third-order valence-electron chi connectivity index (χ3n) is 2.72. The summed E-state index contributed by atoms with van der Waals surface area (Å²) >= 11 is 0. The lowest BCUT2D eigenvalue weighted by Gasteiger charge is -2.02. The van der Waals surface area contributed by atoms with Gasteiger partial charge in [-0.1, -0.05) is 12.1 Å². The molecule has 0 bridgehead atoms. The first kappa shape index (κ1) is 15.5. The number of sulfonamides is 1. The van der Waals surface area contributed by atoms with Crippen molar-refractivity contribution < 1.29 is 8.42 Å². The largest absolute Gasteiger partial charge is 0.317 e. The van der Waals surface area contributed by atoms with E-state index in [1.807, 2.05) is 6.92 Å². The van der Waals surface area contributed by atoms with Crippen LogP contribution in [-0.4, -0.2) is 51.9 Å². The van der Waals surface area contributed by atoms with E-state index in [0.29, 0.717) is 6.54 Å². The molecule has 0 atom stereocenters. The fraction of sp³-hybridized carbons (Fsp3) is 0.600. The van der Waals surface area contributed by atoms with Crippen molar-refractivity contribution in [2.24, 2.45) is 0 Å². The number of nitrogens with zero attached hydrogens (tertiary/aromatic N) is 5. The summed E-state index contributed by atoms with van der Waals surface area (Å²) in [5.74, 6) is 0.275. The molecule has 10 nitrogen and oxygen atoms in total. The molecule has 0 saturated heterocycles. The van der Waals surface area contributed by atoms with Crippen LogP contribution < -0.4 is 10.0 Å². The highest BCUT2D eigenvalue weighted by Crippen LogP contribution is 2.07. The molecule has 0 unspecified atom stereocenters. The summed E-state index contributed by atoms with van der Waals surface area (Å²) in [7, 11) is -3.62. The van der Waals surface area contributed by atoms with E-state index in [1.165, 1.54) is 12.4 Å². The first-order valence-electron chi connectivity index (χ1n) is 6.57. The van der Waals surface area contributed by atoms with Crippen LogP contribution >= 0.6 is 0 Å². The van der Waals surface area contributed by atoms with E-state index < -0.39 is 10.0 Å². The molecular formula is C10H18N8O2S. The molecule has 0 aliphatic heterocycles. The van der Waals surface area contributed by atoms with Crippen molar-refractivity contribution in [2.45, 2.75) is 31.3 Å². The minimum atomic E-state index is -3.62. The Balaban J connectivity index is 1.89. The Labute approximate surface area is 122 Å². The number of aromatic nitrogens is 6. The number of H-pyrrole nitrogens is 1. The van der Waals surface area contributed by atoms with E-state index in [9.17, 15) is 8.42 Å². The zero-order valence-electron chi connectivity index (χ0n) is 11.7. The van der Waals surface area contributed by atoms with Crippen molar-refractivity contribution in [2.75, 3.05) is 13.1 Å². The molecule has 116 valence electrons. The SMILES string of the molecule is CCNCCCn1cc(S(=O)(=O)NCc2nn[nH]n2)cn1. The second kappa shape index (κ2) is 7.24. The molecule has 0 aromatic carbocycles. The number of hydrogen-bond acceptors (Lipinski definition) is 7. The zero-order valence-corrected chi connectivity index (χ0v) is 12.5. The maximum absolute atomic E-state index is 12.1. The maximum atomic E-state index is 12.1. The van der Waals surface area contributed by atoms with Crippen LogP contribution in [0.2, 0.25) is 0 Å². The average molecular weight is 314 g/mol. The van der Waals surface area contributed by atoms with Crippen LogP contribution in [0.5, 0.6) is 0 Å². The van der Waals surface area contributed by atoms with Crippen molar-refractivity contribution in [1.29, 1.82) is 0 Å². The number of rotatable bonds is 9. The summed E-state index contributed by atoms with van der Waals surface area (Å²) in [4.78, 5) is 0.120. The van der Waals surface area contributed by atoms with Gasteiger partial charge in [0.15, 0.2) is 5.82 Å². The van der Waals surface area contributed by atoms with E-state index in [0.717, 1.165) is 19.5 Å². The van der Waals surface area contributed by atoms with Crippen molar-refractivity contribution in [1.82, 2.24) is 40.4 Å². The summed E-state index contributed by atoms with van der Waals surface area (Å²) in [6.07, 6.45) is 3.71. The molecule has 0 spiro atoms. The third-order valence-corrected chi connectivity index (χ3v) is 4.08. The van der Waals surface area contributed by atoms with Gasteiger partial charge in [-0.15, -0.1) is 10.2 Å². The van der Waals surface area contributed by atoms with Crippen LogP contribution in [0.3, 0.4) is 0 Å². The second-order valence-electron chi connectivity index (χ2n) is 4.30. The lowest BCUT2D eigenvalue weighted by Crippen LogP contribution is -2.23. The Bertz CT molecular complexity index is 636. The summed E-state index contributed by atoms with van der Waals surface area (Å²) in [6, 6.07) is 0. The number of tetrazole rings is 1. The topological polar surface area (TPSA) is 130 Å². The first-order valence-corrected chi connectivity index (χ1v) is 8.05. The molecule has 2 rings (SSSR count). The van der Waals surface area contributed by atoms with E-state index in [2.05, 4.69) is 35.8 Å². The highest BCUT2D eigenvalue weighted by atomic mass is 32.2. The summed E-state index contributed by atoms with van der Waals surface area (Å²) in [6.45, 7) is 4.46. The van der Waals surface area contributed by atoms with Crippen LogP contribution in [0.15, 0.2) is 17.3 Å². The zero-order chi connectivity index (χ0) is 15.1. The Morgan fingerprint density at radius 2 is 2.29 bits per heavy atom. The van der Waals surface area contributed by atoms with Gasteiger partial charge in [0.2, 0.25) is 10.0 Å².